The summed E-state index contributed by atoms with van der Waals surface area (Å²) in [5.41, 5.74) is 1.62. The van der Waals surface area contributed by atoms with Crippen molar-refractivity contribution in [3.8, 4) is 11.1 Å². The lowest BCUT2D eigenvalue weighted by Crippen LogP contribution is -2.37. The van der Waals surface area contributed by atoms with E-state index in [1.54, 1.807) is 6.07 Å². The number of carbonyl (C=O) groups excluding carboxylic acids is 2. The van der Waals surface area contributed by atoms with E-state index in [4.69, 9.17) is 4.42 Å². The third kappa shape index (κ3) is 3.31. The number of hydrogen-bond acceptors (Lipinski definition) is 3. The van der Waals surface area contributed by atoms with E-state index in [1.807, 2.05) is 30.3 Å². The molecule has 108 valence electrons. The number of nitrogens with one attached hydrogen (secondary N) is 2. The maximum absolute atomic E-state index is 12.1. The molecular formula is C16H16N2O3. The van der Waals surface area contributed by atoms with Crippen LogP contribution in [0.5, 0.6) is 0 Å². The molecule has 0 saturated heterocycles. The number of benzene rings is 1. The van der Waals surface area contributed by atoms with Crippen molar-refractivity contribution in [2.75, 3.05) is 6.54 Å². The molecule has 1 aliphatic carbocycles. The summed E-state index contributed by atoms with van der Waals surface area (Å²) in [6, 6.07) is 11.5. The van der Waals surface area contributed by atoms with Gasteiger partial charge in [-0.15, -0.1) is 0 Å². The molecule has 2 aromatic rings. The highest BCUT2D eigenvalue weighted by atomic mass is 16.3. The first-order chi connectivity index (χ1) is 10.2. The van der Waals surface area contributed by atoms with Crippen molar-refractivity contribution >= 4 is 11.8 Å². The van der Waals surface area contributed by atoms with E-state index in [0.717, 1.165) is 24.0 Å². The molecule has 0 spiro atoms. The summed E-state index contributed by atoms with van der Waals surface area (Å²) >= 11 is 0. The molecule has 5 nitrogen and oxygen atoms in total. The SMILES string of the molecule is O=C(CNC(=O)c1occc1-c1ccccc1)NC1CC1. The summed E-state index contributed by atoms with van der Waals surface area (Å²) in [5.74, 6) is -0.330. The van der Waals surface area contributed by atoms with E-state index in [1.165, 1.54) is 6.26 Å². The summed E-state index contributed by atoms with van der Waals surface area (Å²) in [5, 5.41) is 5.40. The standard InChI is InChI=1S/C16H16N2O3/c19-14(18-12-6-7-12)10-17-16(20)15-13(8-9-21-15)11-4-2-1-3-5-11/h1-5,8-9,12H,6-7,10H2,(H,17,20)(H,18,19). The van der Waals surface area contributed by atoms with Crippen LogP contribution in [0.15, 0.2) is 47.1 Å². The molecule has 2 N–H and O–H groups in total. The molecule has 1 aromatic carbocycles. The summed E-state index contributed by atoms with van der Waals surface area (Å²) in [6.45, 7) is -0.0374. The predicted molar refractivity (Wildman–Crippen MR) is 77.6 cm³/mol. The first-order valence-electron chi connectivity index (χ1n) is 6.94. The van der Waals surface area contributed by atoms with Crippen LogP contribution in [0.25, 0.3) is 11.1 Å². The molecule has 1 aliphatic rings. The average Bonchev–Trinajstić information content (AvgIpc) is 3.18. The fraction of sp³-hybridized carbons (Fsp3) is 0.250. The maximum atomic E-state index is 12.1. The lowest BCUT2D eigenvalue weighted by molar-refractivity contribution is -0.120. The molecule has 0 atom stereocenters. The zero-order valence-electron chi connectivity index (χ0n) is 11.5. The van der Waals surface area contributed by atoms with Gasteiger partial charge in [-0.25, -0.2) is 0 Å². The van der Waals surface area contributed by atoms with E-state index < -0.39 is 0 Å². The predicted octanol–water partition coefficient (Wildman–Crippen LogP) is 1.96. The molecule has 2 amide bonds. The fourth-order valence-electron chi connectivity index (χ4n) is 2.08. The van der Waals surface area contributed by atoms with Crippen molar-refractivity contribution < 1.29 is 14.0 Å². The number of hydrogen-bond donors (Lipinski definition) is 2. The zero-order chi connectivity index (χ0) is 14.7. The normalized spacial score (nSPS) is 13.7. The monoisotopic (exact) mass is 284 g/mol. The van der Waals surface area contributed by atoms with Gasteiger partial charge in [-0.3, -0.25) is 9.59 Å². The highest BCUT2D eigenvalue weighted by Crippen LogP contribution is 2.24. The van der Waals surface area contributed by atoms with Crippen molar-refractivity contribution in [3.63, 3.8) is 0 Å². The minimum Gasteiger partial charge on any atom is -0.459 e. The van der Waals surface area contributed by atoms with Gasteiger partial charge in [-0.1, -0.05) is 30.3 Å². The Labute approximate surface area is 122 Å². The molecule has 5 heteroatoms. The van der Waals surface area contributed by atoms with Crippen LogP contribution in [0.3, 0.4) is 0 Å². The highest BCUT2D eigenvalue weighted by Gasteiger charge is 2.23. The molecule has 1 aromatic heterocycles. The number of rotatable bonds is 5. The van der Waals surface area contributed by atoms with Gasteiger partial charge in [0.05, 0.1) is 12.8 Å². The smallest absolute Gasteiger partial charge is 0.288 e. The first kappa shape index (κ1) is 13.4. The average molecular weight is 284 g/mol. The topological polar surface area (TPSA) is 71.3 Å². The molecule has 0 radical (unpaired) electrons. The largest absolute Gasteiger partial charge is 0.459 e. The Bertz CT molecular complexity index is 645. The Morgan fingerprint density at radius 3 is 2.62 bits per heavy atom. The van der Waals surface area contributed by atoms with Crippen LogP contribution in [0.2, 0.25) is 0 Å². The van der Waals surface area contributed by atoms with Gasteiger partial charge >= 0.3 is 0 Å². The number of furan rings is 1. The van der Waals surface area contributed by atoms with Gasteiger partial charge in [-0.05, 0) is 24.5 Å². The summed E-state index contributed by atoms with van der Waals surface area (Å²) < 4.78 is 5.26. The van der Waals surface area contributed by atoms with Crippen molar-refractivity contribution in [2.45, 2.75) is 18.9 Å². The quantitative estimate of drug-likeness (QED) is 0.881. The van der Waals surface area contributed by atoms with Gasteiger partial charge < -0.3 is 15.1 Å². The van der Waals surface area contributed by atoms with Gasteiger partial charge in [0.1, 0.15) is 0 Å². The Morgan fingerprint density at radius 1 is 1.14 bits per heavy atom. The zero-order valence-corrected chi connectivity index (χ0v) is 11.5. The van der Waals surface area contributed by atoms with Gasteiger partial charge in [0, 0.05) is 11.6 Å². The van der Waals surface area contributed by atoms with Gasteiger partial charge in [0.15, 0.2) is 5.76 Å². The molecule has 1 saturated carbocycles. The van der Waals surface area contributed by atoms with Crippen molar-refractivity contribution in [1.82, 2.24) is 10.6 Å². The Balaban J connectivity index is 1.65. The van der Waals surface area contributed by atoms with E-state index in [9.17, 15) is 9.59 Å². The summed E-state index contributed by atoms with van der Waals surface area (Å²) in [6.07, 6.45) is 3.52. The van der Waals surface area contributed by atoms with E-state index >= 15 is 0 Å². The Hall–Kier alpha value is -2.56. The minimum atomic E-state index is -0.384. The van der Waals surface area contributed by atoms with Crippen LogP contribution in [-0.2, 0) is 4.79 Å². The molecule has 3 rings (SSSR count). The van der Waals surface area contributed by atoms with Crippen LogP contribution in [0, 0.1) is 0 Å². The maximum Gasteiger partial charge on any atom is 0.288 e. The second kappa shape index (κ2) is 5.83. The van der Waals surface area contributed by atoms with Crippen molar-refractivity contribution in [1.29, 1.82) is 0 Å². The number of amides is 2. The minimum absolute atomic E-state index is 0.0374. The molecule has 1 heterocycles. The third-order valence-electron chi connectivity index (χ3n) is 3.31. The first-order valence-corrected chi connectivity index (χ1v) is 6.94. The van der Waals surface area contributed by atoms with Gasteiger partial charge in [-0.2, -0.15) is 0 Å². The highest BCUT2D eigenvalue weighted by molar-refractivity contribution is 5.99. The summed E-state index contributed by atoms with van der Waals surface area (Å²) in [4.78, 5) is 23.7. The van der Waals surface area contributed by atoms with Crippen LogP contribution < -0.4 is 10.6 Å². The molecule has 0 unspecified atom stereocenters. The van der Waals surface area contributed by atoms with Crippen molar-refractivity contribution in [2.24, 2.45) is 0 Å². The van der Waals surface area contributed by atoms with Gasteiger partial charge in [0.25, 0.3) is 5.91 Å². The Morgan fingerprint density at radius 2 is 1.90 bits per heavy atom. The molecule has 0 aliphatic heterocycles. The second-order valence-electron chi connectivity index (χ2n) is 5.05. The summed E-state index contributed by atoms with van der Waals surface area (Å²) in [7, 11) is 0. The van der Waals surface area contributed by atoms with E-state index in [-0.39, 0.29) is 30.2 Å². The van der Waals surface area contributed by atoms with Crippen LogP contribution >= 0.6 is 0 Å². The van der Waals surface area contributed by atoms with Crippen LogP contribution in [0.4, 0.5) is 0 Å². The van der Waals surface area contributed by atoms with Crippen LogP contribution in [0.1, 0.15) is 23.4 Å². The fourth-order valence-corrected chi connectivity index (χ4v) is 2.08. The third-order valence-corrected chi connectivity index (χ3v) is 3.31. The second-order valence-corrected chi connectivity index (χ2v) is 5.05. The van der Waals surface area contributed by atoms with Crippen LogP contribution in [-0.4, -0.2) is 24.4 Å². The Kier molecular flexibility index (Phi) is 3.73. The van der Waals surface area contributed by atoms with Crippen molar-refractivity contribution in [3.05, 3.63) is 48.4 Å². The molecule has 1 fully saturated rings. The molecule has 0 bridgehead atoms. The lowest BCUT2D eigenvalue weighted by Gasteiger charge is -2.06. The number of carbonyl (C=O) groups is 2. The molecule has 21 heavy (non-hydrogen) atoms. The lowest BCUT2D eigenvalue weighted by atomic mass is 10.1. The van der Waals surface area contributed by atoms with Gasteiger partial charge in [0.2, 0.25) is 5.91 Å². The molecular weight excluding hydrogens is 268 g/mol. The van der Waals surface area contributed by atoms with E-state index in [0.29, 0.717) is 0 Å². The van der Waals surface area contributed by atoms with E-state index in [2.05, 4.69) is 10.6 Å².